The third-order valence-electron chi connectivity index (χ3n) is 3.22. The van der Waals surface area contributed by atoms with E-state index in [9.17, 15) is 4.79 Å². The van der Waals surface area contributed by atoms with Gasteiger partial charge in [0.15, 0.2) is 0 Å². The Kier molecular flexibility index (Phi) is 5.29. The molecule has 0 fully saturated rings. The fourth-order valence-corrected chi connectivity index (χ4v) is 2.25. The van der Waals surface area contributed by atoms with Gasteiger partial charge in [-0.05, 0) is 12.1 Å². The van der Waals surface area contributed by atoms with Crippen LogP contribution in [0, 0.1) is 5.41 Å². The highest BCUT2D eigenvalue weighted by molar-refractivity contribution is 6.68. The number of carbonyl (C=O) groups is 1. The molecule has 0 aliphatic rings. The summed E-state index contributed by atoms with van der Waals surface area (Å²) in [6.45, 7) is 5.37. The van der Waals surface area contributed by atoms with Gasteiger partial charge in [0.05, 0.1) is 11.2 Å². The number of nitrogens with zero attached hydrogens (tertiary/aromatic N) is 1. The molecular weight excluding hydrogens is 357 g/mol. The lowest BCUT2D eigenvalue weighted by atomic mass is 9.95. The van der Waals surface area contributed by atoms with Gasteiger partial charge in [0.1, 0.15) is 6.17 Å². The second kappa shape index (κ2) is 6.71. The molecule has 7 heteroatoms. The van der Waals surface area contributed by atoms with Gasteiger partial charge in [-0.1, -0.05) is 73.8 Å². The van der Waals surface area contributed by atoms with E-state index in [1.54, 1.807) is 27.0 Å². The molecule has 124 valence electrons. The summed E-state index contributed by atoms with van der Waals surface area (Å²) in [5.41, 5.74) is 0.806. The van der Waals surface area contributed by atoms with Gasteiger partial charge in [0, 0.05) is 17.0 Å². The molecule has 4 nitrogen and oxygen atoms in total. The largest absolute Gasteiger partial charge is 0.360 e. The van der Waals surface area contributed by atoms with Crippen LogP contribution in [0.2, 0.25) is 0 Å². The summed E-state index contributed by atoms with van der Waals surface area (Å²) in [5, 5.41) is 6.76. The fraction of sp³-hybridized carbons (Fsp3) is 0.375. The maximum absolute atomic E-state index is 12.2. The molecule has 1 heterocycles. The molecule has 0 bridgehead atoms. The van der Waals surface area contributed by atoms with Crippen molar-refractivity contribution in [2.75, 3.05) is 5.32 Å². The van der Waals surface area contributed by atoms with Crippen LogP contribution in [0.5, 0.6) is 0 Å². The minimum atomic E-state index is -1.72. The lowest BCUT2D eigenvalue weighted by Gasteiger charge is -2.30. The number of para-hydroxylation sites is 1. The summed E-state index contributed by atoms with van der Waals surface area (Å²) >= 11 is 18.1. The van der Waals surface area contributed by atoms with Gasteiger partial charge in [-0.25, -0.2) is 0 Å². The van der Waals surface area contributed by atoms with E-state index < -0.39 is 15.4 Å². The van der Waals surface area contributed by atoms with Gasteiger partial charge < -0.3 is 10.6 Å². The average Bonchev–Trinajstić information content (AvgIpc) is 2.44. The van der Waals surface area contributed by atoms with Crippen LogP contribution in [0.15, 0.2) is 36.5 Å². The van der Waals surface area contributed by atoms with Crippen LogP contribution in [-0.2, 0) is 4.79 Å². The molecule has 2 N–H and O–H groups in total. The first kappa shape index (κ1) is 18.1. The number of nitrogens with one attached hydrogen (secondary N) is 2. The van der Waals surface area contributed by atoms with Crippen LogP contribution >= 0.6 is 34.8 Å². The van der Waals surface area contributed by atoms with E-state index in [0.29, 0.717) is 5.69 Å². The van der Waals surface area contributed by atoms with E-state index in [-0.39, 0.29) is 5.91 Å². The number of fused-ring (bicyclic) bond motifs is 1. The number of benzene rings is 1. The van der Waals surface area contributed by atoms with Crippen molar-refractivity contribution in [1.82, 2.24) is 10.3 Å². The van der Waals surface area contributed by atoms with E-state index in [1.165, 1.54) is 0 Å². The van der Waals surface area contributed by atoms with Crippen molar-refractivity contribution in [2.24, 2.45) is 5.41 Å². The maximum atomic E-state index is 12.2. The number of hydrogen-bond acceptors (Lipinski definition) is 3. The lowest BCUT2D eigenvalue weighted by Crippen LogP contribution is -2.52. The molecule has 0 aliphatic carbocycles. The molecule has 0 unspecified atom stereocenters. The third kappa shape index (κ3) is 4.63. The van der Waals surface area contributed by atoms with Crippen molar-refractivity contribution in [3.8, 4) is 0 Å². The smallest absolute Gasteiger partial charge is 0.228 e. The molecule has 1 aromatic carbocycles. The van der Waals surface area contributed by atoms with Crippen LogP contribution < -0.4 is 10.6 Å². The Morgan fingerprint density at radius 3 is 2.39 bits per heavy atom. The molecular formula is C16H18Cl3N3O. The minimum Gasteiger partial charge on any atom is -0.360 e. The normalized spacial score (nSPS) is 13.7. The van der Waals surface area contributed by atoms with Gasteiger partial charge in [0.25, 0.3) is 0 Å². The van der Waals surface area contributed by atoms with Crippen LogP contribution in [0.1, 0.15) is 20.8 Å². The SMILES string of the molecule is CC(C)(C)C(=O)N[C@H](Nc1cccc2cccnc12)C(Cl)(Cl)Cl. The molecule has 1 aromatic heterocycles. The predicted octanol–water partition coefficient (Wildman–Crippen LogP) is 4.51. The summed E-state index contributed by atoms with van der Waals surface area (Å²) in [6, 6.07) is 9.41. The summed E-state index contributed by atoms with van der Waals surface area (Å²) in [5.74, 6) is -0.227. The third-order valence-corrected chi connectivity index (χ3v) is 3.87. The summed E-state index contributed by atoms with van der Waals surface area (Å²) in [4.78, 5) is 16.6. The number of halogens is 3. The molecule has 1 amide bonds. The molecule has 2 aromatic rings. The molecule has 1 atom stereocenters. The maximum Gasteiger partial charge on any atom is 0.228 e. The Morgan fingerprint density at radius 1 is 1.13 bits per heavy atom. The molecule has 0 saturated heterocycles. The topological polar surface area (TPSA) is 54.0 Å². The van der Waals surface area contributed by atoms with Crippen LogP contribution in [0.4, 0.5) is 5.69 Å². The zero-order valence-electron chi connectivity index (χ0n) is 13.0. The van der Waals surface area contributed by atoms with Gasteiger partial charge in [-0.2, -0.15) is 0 Å². The minimum absolute atomic E-state index is 0.227. The van der Waals surface area contributed by atoms with Gasteiger partial charge in [0.2, 0.25) is 9.70 Å². The Morgan fingerprint density at radius 2 is 1.78 bits per heavy atom. The van der Waals surface area contributed by atoms with E-state index in [4.69, 9.17) is 34.8 Å². The highest BCUT2D eigenvalue weighted by Crippen LogP contribution is 2.33. The molecule has 23 heavy (non-hydrogen) atoms. The number of rotatable bonds is 3. The standard InChI is InChI=1S/C16H18Cl3N3O/c1-15(2,3)14(23)22-13(16(17,18)19)21-11-8-4-6-10-7-5-9-20-12(10)11/h4-9,13,21H,1-3H3,(H,22,23)/t13-/m0/s1. The number of hydrogen-bond donors (Lipinski definition) is 2. The second-order valence-corrected chi connectivity index (χ2v) is 8.59. The monoisotopic (exact) mass is 373 g/mol. The van der Waals surface area contributed by atoms with Crippen molar-refractivity contribution in [3.05, 3.63) is 36.5 Å². The highest BCUT2D eigenvalue weighted by atomic mass is 35.6. The predicted molar refractivity (Wildman–Crippen MR) is 97.0 cm³/mol. The van der Waals surface area contributed by atoms with Gasteiger partial charge >= 0.3 is 0 Å². The Labute approximate surface area is 150 Å². The van der Waals surface area contributed by atoms with Gasteiger partial charge in [-0.3, -0.25) is 9.78 Å². The van der Waals surface area contributed by atoms with Crippen molar-refractivity contribution >= 4 is 57.3 Å². The highest BCUT2D eigenvalue weighted by Gasteiger charge is 2.36. The molecule has 0 saturated carbocycles. The van der Waals surface area contributed by atoms with Crippen molar-refractivity contribution in [1.29, 1.82) is 0 Å². The number of anilines is 1. The first-order chi connectivity index (χ1) is 10.6. The number of amides is 1. The van der Waals surface area contributed by atoms with E-state index in [2.05, 4.69) is 15.6 Å². The lowest BCUT2D eigenvalue weighted by molar-refractivity contribution is -0.129. The van der Waals surface area contributed by atoms with Crippen molar-refractivity contribution < 1.29 is 4.79 Å². The molecule has 0 radical (unpaired) electrons. The first-order valence-electron chi connectivity index (χ1n) is 7.07. The van der Waals surface area contributed by atoms with Crippen LogP contribution in [-0.4, -0.2) is 20.8 Å². The first-order valence-corrected chi connectivity index (χ1v) is 8.20. The quantitative estimate of drug-likeness (QED) is 0.614. The van der Waals surface area contributed by atoms with Crippen LogP contribution in [0.25, 0.3) is 10.9 Å². The van der Waals surface area contributed by atoms with Crippen molar-refractivity contribution in [2.45, 2.75) is 30.7 Å². The summed E-state index contributed by atoms with van der Waals surface area (Å²) in [7, 11) is 0. The van der Waals surface area contributed by atoms with Gasteiger partial charge in [-0.15, -0.1) is 0 Å². The number of aromatic nitrogens is 1. The van der Waals surface area contributed by atoms with E-state index in [1.807, 2.05) is 30.3 Å². The second-order valence-electron chi connectivity index (χ2n) is 6.22. The van der Waals surface area contributed by atoms with E-state index in [0.717, 1.165) is 10.9 Å². The fourth-order valence-electron chi connectivity index (χ4n) is 1.92. The van der Waals surface area contributed by atoms with Crippen molar-refractivity contribution in [3.63, 3.8) is 0 Å². The molecule has 2 rings (SSSR count). The summed E-state index contributed by atoms with van der Waals surface area (Å²) < 4.78 is -1.72. The zero-order chi connectivity index (χ0) is 17.3. The summed E-state index contributed by atoms with van der Waals surface area (Å²) in [6.07, 6.45) is 0.790. The average molecular weight is 375 g/mol. The van der Waals surface area contributed by atoms with Crippen LogP contribution in [0.3, 0.4) is 0 Å². The number of carbonyl (C=O) groups excluding carboxylic acids is 1. The van der Waals surface area contributed by atoms with E-state index >= 15 is 0 Å². The molecule has 0 spiro atoms. The Balaban J connectivity index is 2.32. The molecule has 0 aliphatic heterocycles. The number of alkyl halides is 3. The number of pyridine rings is 1. The Bertz CT molecular complexity index is 702. The zero-order valence-corrected chi connectivity index (χ0v) is 15.3. The Hall–Kier alpha value is -1.23.